The normalized spacial score (nSPS) is 14.2. The Morgan fingerprint density at radius 1 is 1.08 bits per heavy atom. The van der Waals surface area contributed by atoms with Crippen LogP contribution in [0.15, 0.2) is 64.3 Å². The van der Waals surface area contributed by atoms with Crippen molar-refractivity contribution in [3.8, 4) is 11.4 Å². The van der Waals surface area contributed by atoms with Crippen LogP contribution in [-0.2, 0) is 0 Å². The lowest BCUT2D eigenvalue weighted by Gasteiger charge is -2.17. The lowest BCUT2D eigenvalue weighted by atomic mass is 10.2. The van der Waals surface area contributed by atoms with Gasteiger partial charge in [-0.05, 0) is 42.5 Å². The summed E-state index contributed by atoms with van der Waals surface area (Å²) in [5, 5.41) is 0. The summed E-state index contributed by atoms with van der Waals surface area (Å²) < 4.78 is 32.2. The second-order valence-corrected chi connectivity index (χ2v) is 5.64. The number of nitrogens with zero attached hydrogens (tertiary/aromatic N) is 4. The molecule has 3 heterocycles. The molecule has 1 aliphatic rings. The highest BCUT2D eigenvalue weighted by molar-refractivity contribution is 6.08. The van der Waals surface area contributed by atoms with E-state index in [1.54, 1.807) is 18.5 Å². The third-order valence-electron chi connectivity index (χ3n) is 3.85. The van der Waals surface area contributed by atoms with Gasteiger partial charge in [-0.15, -0.1) is 0 Å². The molecule has 3 aromatic rings. The number of furan rings is 1. The van der Waals surface area contributed by atoms with Crippen LogP contribution in [0.2, 0.25) is 0 Å². The highest BCUT2D eigenvalue weighted by atomic mass is 19.1. The Hall–Kier alpha value is -3.35. The molecule has 0 spiro atoms. The summed E-state index contributed by atoms with van der Waals surface area (Å²) in [4.78, 5) is 15.0. The summed E-state index contributed by atoms with van der Waals surface area (Å²) in [6, 6.07) is 8.62. The van der Waals surface area contributed by atoms with Crippen LogP contribution in [0.1, 0.15) is 5.76 Å². The second kappa shape index (κ2) is 6.87. The van der Waals surface area contributed by atoms with E-state index in [0.717, 1.165) is 17.7 Å². The second-order valence-electron chi connectivity index (χ2n) is 5.64. The summed E-state index contributed by atoms with van der Waals surface area (Å²) in [6.45, 7) is 1.29. The molecule has 26 heavy (non-hydrogen) atoms. The third-order valence-corrected chi connectivity index (χ3v) is 3.85. The summed E-state index contributed by atoms with van der Waals surface area (Å²) in [5.74, 6) is 0.981. The van der Waals surface area contributed by atoms with Crippen LogP contribution in [0.25, 0.3) is 17.5 Å². The molecule has 0 saturated carbocycles. The van der Waals surface area contributed by atoms with Gasteiger partial charge in [0.15, 0.2) is 5.82 Å². The van der Waals surface area contributed by atoms with Gasteiger partial charge in [0.1, 0.15) is 29.0 Å². The van der Waals surface area contributed by atoms with Crippen molar-refractivity contribution < 1.29 is 13.2 Å². The Labute approximate surface area is 148 Å². The third kappa shape index (κ3) is 3.37. The van der Waals surface area contributed by atoms with E-state index in [0.29, 0.717) is 18.9 Å². The smallest absolute Gasteiger partial charge is 0.161 e. The molecule has 2 aromatic heterocycles. The summed E-state index contributed by atoms with van der Waals surface area (Å²) in [7, 11) is 0. The maximum Gasteiger partial charge on any atom is 0.161 e. The Morgan fingerprint density at radius 2 is 1.92 bits per heavy atom. The zero-order chi connectivity index (χ0) is 17.9. The van der Waals surface area contributed by atoms with E-state index < -0.39 is 11.6 Å². The summed E-state index contributed by atoms with van der Waals surface area (Å²) in [6.07, 6.45) is 6.83. The average Bonchev–Trinajstić information content (AvgIpc) is 3.31. The maximum absolute atomic E-state index is 13.5. The molecular weight excluding hydrogens is 338 g/mol. The van der Waals surface area contributed by atoms with Crippen LogP contribution in [0.3, 0.4) is 0 Å². The number of benzene rings is 1. The molecule has 7 heteroatoms. The predicted octanol–water partition coefficient (Wildman–Crippen LogP) is 3.95. The van der Waals surface area contributed by atoms with Crippen molar-refractivity contribution in [1.82, 2.24) is 9.97 Å². The molecule has 1 aromatic carbocycles. The number of rotatable bonds is 4. The fraction of sp³-hybridized carbons (Fsp3) is 0.105. The predicted molar refractivity (Wildman–Crippen MR) is 94.8 cm³/mol. The van der Waals surface area contributed by atoms with Crippen LogP contribution >= 0.6 is 0 Å². The van der Waals surface area contributed by atoms with E-state index in [-0.39, 0.29) is 11.4 Å². The molecule has 130 valence electrons. The van der Waals surface area contributed by atoms with Gasteiger partial charge in [-0.2, -0.15) is 0 Å². The topological polar surface area (TPSA) is 54.5 Å². The Morgan fingerprint density at radius 3 is 2.69 bits per heavy atom. The number of anilines is 1. The summed E-state index contributed by atoms with van der Waals surface area (Å²) >= 11 is 0. The maximum atomic E-state index is 13.5. The number of aromatic nitrogens is 2. The molecule has 0 radical (unpaired) electrons. The van der Waals surface area contributed by atoms with Gasteiger partial charge in [-0.1, -0.05) is 0 Å². The van der Waals surface area contributed by atoms with Gasteiger partial charge in [0.2, 0.25) is 0 Å². The van der Waals surface area contributed by atoms with Crippen LogP contribution in [0, 0.1) is 11.6 Å². The summed E-state index contributed by atoms with van der Waals surface area (Å²) in [5.41, 5.74) is 0.285. The minimum Gasteiger partial charge on any atom is -0.465 e. The van der Waals surface area contributed by atoms with E-state index in [1.165, 1.54) is 12.1 Å². The Bertz CT molecular complexity index is 963. The van der Waals surface area contributed by atoms with E-state index in [2.05, 4.69) is 15.0 Å². The molecule has 0 unspecified atom stereocenters. The molecule has 5 nitrogen and oxygen atoms in total. The monoisotopic (exact) mass is 352 g/mol. The molecule has 0 fully saturated rings. The highest BCUT2D eigenvalue weighted by Gasteiger charge is 2.19. The lowest BCUT2D eigenvalue weighted by Crippen LogP contribution is -2.26. The van der Waals surface area contributed by atoms with Gasteiger partial charge in [0, 0.05) is 24.4 Å². The molecule has 0 amide bonds. The Balaban J connectivity index is 1.62. The van der Waals surface area contributed by atoms with E-state index in [9.17, 15) is 8.78 Å². The van der Waals surface area contributed by atoms with Crippen LogP contribution in [0.4, 0.5) is 14.6 Å². The average molecular weight is 352 g/mol. The van der Waals surface area contributed by atoms with Crippen molar-refractivity contribution in [1.29, 1.82) is 0 Å². The first-order chi connectivity index (χ1) is 12.7. The molecule has 0 aliphatic carbocycles. The van der Waals surface area contributed by atoms with Crippen molar-refractivity contribution in [2.24, 2.45) is 4.99 Å². The number of aliphatic imine (C=N–C) groups is 1. The van der Waals surface area contributed by atoms with Gasteiger partial charge in [-0.25, -0.2) is 18.7 Å². The minimum atomic E-state index is -0.668. The largest absolute Gasteiger partial charge is 0.465 e. The molecule has 0 saturated heterocycles. The van der Waals surface area contributed by atoms with Gasteiger partial charge >= 0.3 is 0 Å². The van der Waals surface area contributed by atoms with Crippen LogP contribution in [0.5, 0.6) is 0 Å². The first-order valence-electron chi connectivity index (χ1n) is 8.02. The van der Waals surface area contributed by atoms with Crippen molar-refractivity contribution in [3.63, 3.8) is 0 Å². The standard InChI is InChI=1S/C19H14F2N4O/c20-14-10-13(11-15(21)12-14)19-23-6-5-18(24-19)25-8-7-22-17(25)4-3-16-2-1-9-26-16/h1-6,9-12H,7-8H2/b4-3+. The first kappa shape index (κ1) is 16.1. The molecule has 0 N–H and O–H groups in total. The highest BCUT2D eigenvalue weighted by Crippen LogP contribution is 2.22. The van der Waals surface area contributed by atoms with Crippen molar-refractivity contribution in [2.75, 3.05) is 18.0 Å². The minimum absolute atomic E-state index is 0.252. The molecular formula is C19H14F2N4O. The molecule has 1 aliphatic heterocycles. The van der Waals surface area contributed by atoms with Gasteiger partial charge < -0.3 is 9.32 Å². The molecule has 0 atom stereocenters. The first-order valence-corrected chi connectivity index (χ1v) is 8.02. The van der Waals surface area contributed by atoms with Gasteiger partial charge in [0.05, 0.1) is 12.8 Å². The zero-order valence-corrected chi connectivity index (χ0v) is 13.6. The SMILES string of the molecule is Fc1cc(F)cc(-c2nccc(N3CCN=C3/C=C/c3ccco3)n2)c1. The number of amidine groups is 1. The fourth-order valence-electron chi connectivity index (χ4n) is 2.70. The van der Waals surface area contributed by atoms with Crippen LogP contribution < -0.4 is 4.90 Å². The van der Waals surface area contributed by atoms with E-state index in [1.807, 2.05) is 29.2 Å². The van der Waals surface area contributed by atoms with E-state index in [4.69, 9.17) is 4.42 Å². The quantitative estimate of drug-likeness (QED) is 0.713. The number of hydrogen-bond acceptors (Lipinski definition) is 5. The zero-order valence-electron chi connectivity index (χ0n) is 13.6. The van der Waals surface area contributed by atoms with Crippen LogP contribution in [-0.4, -0.2) is 28.9 Å². The number of hydrogen-bond donors (Lipinski definition) is 0. The van der Waals surface area contributed by atoms with Crippen molar-refractivity contribution in [3.05, 3.63) is 72.3 Å². The fourth-order valence-corrected chi connectivity index (χ4v) is 2.70. The molecule has 0 bridgehead atoms. The lowest BCUT2D eigenvalue weighted by molar-refractivity contribution is 0.557. The Kier molecular flexibility index (Phi) is 4.27. The van der Waals surface area contributed by atoms with Crippen molar-refractivity contribution >= 4 is 17.7 Å². The van der Waals surface area contributed by atoms with Gasteiger partial charge in [-0.3, -0.25) is 4.99 Å². The van der Waals surface area contributed by atoms with Crippen molar-refractivity contribution in [2.45, 2.75) is 0 Å². The molecule has 4 rings (SSSR count). The van der Waals surface area contributed by atoms with Gasteiger partial charge in [0.25, 0.3) is 0 Å². The van der Waals surface area contributed by atoms with E-state index >= 15 is 0 Å². The number of halogens is 2.